The van der Waals surface area contributed by atoms with Crippen LogP contribution in [0.4, 0.5) is 16.2 Å². The predicted octanol–water partition coefficient (Wildman–Crippen LogP) is 3.15. The molecule has 0 spiro atoms. The first-order valence-corrected chi connectivity index (χ1v) is 7.80. The Morgan fingerprint density at radius 2 is 2.30 bits per heavy atom. The van der Waals surface area contributed by atoms with E-state index < -0.39 is 0 Å². The van der Waals surface area contributed by atoms with Crippen molar-refractivity contribution < 1.29 is 14.1 Å². The molecule has 1 aliphatic rings. The lowest BCUT2D eigenvalue weighted by molar-refractivity contribution is 0.181. The van der Waals surface area contributed by atoms with Crippen LogP contribution in [0.25, 0.3) is 0 Å². The minimum absolute atomic E-state index is 0.117. The third-order valence-electron chi connectivity index (χ3n) is 3.63. The number of benzene rings is 1. The molecule has 1 aliphatic heterocycles. The number of anilines is 2. The van der Waals surface area contributed by atoms with Crippen molar-refractivity contribution in [3.63, 3.8) is 0 Å². The molecule has 2 aromatic rings. The van der Waals surface area contributed by atoms with Gasteiger partial charge in [0.15, 0.2) is 5.82 Å². The molecule has 1 N–H and O–H groups in total. The van der Waals surface area contributed by atoms with Crippen LogP contribution in [0.2, 0.25) is 0 Å². The molecule has 1 aromatic heterocycles. The molecule has 122 valence electrons. The van der Waals surface area contributed by atoms with E-state index in [1.165, 1.54) is 0 Å². The maximum Gasteiger partial charge on any atom is 0.414 e. The number of nitrogens with zero attached hydrogens (tertiary/aromatic N) is 3. The topological polar surface area (TPSA) is 80.5 Å². The fourth-order valence-electron chi connectivity index (χ4n) is 2.47. The van der Waals surface area contributed by atoms with Crippen LogP contribution in [0.1, 0.15) is 38.0 Å². The third kappa shape index (κ3) is 3.44. The van der Waals surface area contributed by atoms with E-state index in [0.29, 0.717) is 19.0 Å². The van der Waals surface area contributed by atoms with Gasteiger partial charge in [0.2, 0.25) is 5.89 Å². The van der Waals surface area contributed by atoms with Gasteiger partial charge in [-0.2, -0.15) is 4.98 Å². The van der Waals surface area contributed by atoms with Crippen LogP contribution in [-0.2, 0) is 11.2 Å². The molecular formula is C16H20N4O3. The fraction of sp³-hybridized carbons (Fsp3) is 0.438. The van der Waals surface area contributed by atoms with Gasteiger partial charge in [0.25, 0.3) is 0 Å². The quantitative estimate of drug-likeness (QED) is 0.881. The zero-order chi connectivity index (χ0) is 16.2. The van der Waals surface area contributed by atoms with Gasteiger partial charge in [0, 0.05) is 17.8 Å². The van der Waals surface area contributed by atoms with E-state index in [0.717, 1.165) is 30.0 Å². The molecular weight excluding hydrogens is 296 g/mol. The lowest BCUT2D eigenvalue weighted by Crippen LogP contribution is -2.23. The number of hydrogen-bond donors (Lipinski definition) is 1. The molecule has 0 bridgehead atoms. The molecule has 0 aliphatic carbocycles. The highest BCUT2D eigenvalue weighted by Crippen LogP contribution is 2.25. The van der Waals surface area contributed by atoms with E-state index in [9.17, 15) is 4.79 Å². The number of ether oxygens (including phenoxy) is 1. The number of cyclic esters (lactones) is 1. The van der Waals surface area contributed by atoms with Crippen molar-refractivity contribution >= 4 is 17.5 Å². The lowest BCUT2D eigenvalue weighted by atomic mass is 10.2. The van der Waals surface area contributed by atoms with Crippen LogP contribution in [0.5, 0.6) is 0 Å². The molecule has 0 unspecified atom stereocenters. The van der Waals surface area contributed by atoms with Gasteiger partial charge in [0.1, 0.15) is 12.6 Å². The summed E-state index contributed by atoms with van der Waals surface area (Å²) >= 11 is 0. The Morgan fingerprint density at radius 1 is 1.43 bits per heavy atom. The molecule has 23 heavy (non-hydrogen) atoms. The Balaban J connectivity index is 1.70. The van der Waals surface area contributed by atoms with Crippen molar-refractivity contribution in [2.75, 3.05) is 23.4 Å². The fourth-order valence-corrected chi connectivity index (χ4v) is 2.47. The van der Waals surface area contributed by atoms with E-state index >= 15 is 0 Å². The van der Waals surface area contributed by atoms with Gasteiger partial charge >= 0.3 is 6.09 Å². The second kappa shape index (κ2) is 6.68. The van der Waals surface area contributed by atoms with Crippen LogP contribution < -0.4 is 10.2 Å². The van der Waals surface area contributed by atoms with Crippen molar-refractivity contribution in [1.29, 1.82) is 0 Å². The minimum Gasteiger partial charge on any atom is -0.447 e. The summed E-state index contributed by atoms with van der Waals surface area (Å²) < 4.78 is 10.3. The van der Waals surface area contributed by atoms with Gasteiger partial charge in [-0.3, -0.25) is 4.90 Å². The molecule has 1 fully saturated rings. The Hall–Kier alpha value is -2.57. The van der Waals surface area contributed by atoms with E-state index in [1.54, 1.807) is 4.90 Å². The first kappa shape index (κ1) is 15.3. The highest BCUT2D eigenvalue weighted by atomic mass is 16.6. The van der Waals surface area contributed by atoms with Crippen LogP contribution >= 0.6 is 0 Å². The Bertz CT molecular complexity index is 685. The van der Waals surface area contributed by atoms with Crippen molar-refractivity contribution in [3.8, 4) is 0 Å². The Kier molecular flexibility index (Phi) is 4.45. The maximum absolute atomic E-state index is 11.6. The maximum atomic E-state index is 11.6. The van der Waals surface area contributed by atoms with Gasteiger partial charge in [-0.05, 0) is 31.5 Å². The lowest BCUT2D eigenvalue weighted by Gasteiger charge is -2.16. The monoisotopic (exact) mass is 316 g/mol. The zero-order valence-electron chi connectivity index (χ0n) is 13.3. The second-order valence-electron chi connectivity index (χ2n) is 5.48. The number of carbonyl (C=O) groups excluding carboxylic acids is 1. The number of carbonyl (C=O) groups is 1. The number of rotatable bonds is 6. The highest BCUT2D eigenvalue weighted by molar-refractivity contribution is 5.89. The van der Waals surface area contributed by atoms with Gasteiger partial charge in [-0.15, -0.1) is 0 Å². The van der Waals surface area contributed by atoms with E-state index in [2.05, 4.69) is 22.4 Å². The van der Waals surface area contributed by atoms with E-state index in [4.69, 9.17) is 9.26 Å². The van der Waals surface area contributed by atoms with Crippen LogP contribution in [0, 0.1) is 0 Å². The number of amides is 1. The zero-order valence-corrected chi connectivity index (χ0v) is 13.3. The number of aromatic nitrogens is 2. The molecule has 7 nitrogen and oxygen atoms in total. The molecule has 1 aromatic carbocycles. The molecule has 1 atom stereocenters. The molecule has 0 saturated carbocycles. The van der Waals surface area contributed by atoms with E-state index in [-0.39, 0.29) is 12.1 Å². The predicted molar refractivity (Wildman–Crippen MR) is 85.5 cm³/mol. The summed E-state index contributed by atoms with van der Waals surface area (Å²) in [6.07, 6.45) is 1.48. The highest BCUT2D eigenvalue weighted by Gasteiger charge is 2.23. The van der Waals surface area contributed by atoms with Gasteiger partial charge in [-0.25, -0.2) is 4.79 Å². The third-order valence-corrected chi connectivity index (χ3v) is 3.63. The average Bonchev–Trinajstić information content (AvgIpc) is 3.17. The van der Waals surface area contributed by atoms with Crippen molar-refractivity contribution in [1.82, 2.24) is 10.1 Å². The summed E-state index contributed by atoms with van der Waals surface area (Å²) in [4.78, 5) is 17.6. The number of nitrogens with one attached hydrogen (secondary N) is 1. The van der Waals surface area contributed by atoms with Crippen LogP contribution in [-0.4, -0.2) is 29.4 Å². The summed E-state index contributed by atoms with van der Waals surface area (Å²) in [5.41, 5.74) is 1.69. The first-order valence-electron chi connectivity index (χ1n) is 7.80. The van der Waals surface area contributed by atoms with Crippen LogP contribution in [0.15, 0.2) is 28.8 Å². The molecule has 7 heteroatoms. The normalized spacial score (nSPS) is 15.6. The second-order valence-corrected chi connectivity index (χ2v) is 5.48. The largest absolute Gasteiger partial charge is 0.447 e. The standard InChI is InChI=1S/C16H20N4O3/c1-3-5-14-18-15(23-19-14)11(2)17-12-6-4-7-13(10-12)20-8-9-22-16(20)21/h4,6-7,10-11,17H,3,5,8-9H2,1-2H3/t11-/m1/s1. The smallest absolute Gasteiger partial charge is 0.414 e. The molecule has 2 heterocycles. The summed E-state index contributed by atoms with van der Waals surface area (Å²) in [6.45, 7) is 5.03. The number of aryl methyl sites for hydroxylation is 1. The Labute approximate surface area is 134 Å². The van der Waals surface area contributed by atoms with Gasteiger partial charge < -0.3 is 14.6 Å². The van der Waals surface area contributed by atoms with Gasteiger partial charge in [-0.1, -0.05) is 18.1 Å². The summed E-state index contributed by atoms with van der Waals surface area (Å²) in [7, 11) is 0. The summed E-state index contributed by atoms with van der Waals surface area (Å²) in [6, 6.07) is 7.51. The summed E-state index contributed by atoms with van der Waals surface area (Å²) in [5.74, 6) is 1.28. The molecule has 1 saturated heterocycles. The van der Waals surface area contributed by atoms with Crippen molar-refractivity contribution in [2.24, 2.45) is 0 Å². The number of hydrogen-bond acceptors (Lipinski definition) is 6. The van der Waals surface area contributed by atoms with E-state index in [1.807, 2.05) is 31.2 Å². The Morgan fingerprint density at radius 3 is 3.04 bits per heavy atom. The minimum atomic E-state index is -0.309. The summed E-state index contributed by atoms with van der Waals surface area (Å²) in [5, 5.41) is 7.28. The molecule has 0 radical (unpaired) electrons. The molecule has 3 rings (SSSR count). The van der Waals surface area contributed by atoms with Crippen LogP contribution in [0.3, 0.4) is 0 Å². The first-order chi connectivity index (χ1) is 11.2. The molecule has 1 amide bonds. The van der Waals surface area contributed by atoms with Gasteiger partial charge in [0.05, 0.1) is 6.54 Å². The van der Waals surface area contributed by atoms with Crippen molar-refractivity contribution in [3.05, 3.63) is 36.0 Å². The average molecular weight is 316 g/mol. The van der Waals surface area contributed by atoms with Crippen molar-refractivity contribution in [2.45, 2.75) is 32.7 Å². The SMILES string of the molecule is CCCc1noc([C@@H](C)Nc2cccc(N3CCOC3=O)c2)n1.